The zero-order valence-corrected chi connectivity index (χ0v) is 19.8. The normalized spacial score (nSPS) is 44.1. The number of aliphatic hydroxyl groups is 1. The first-order valence-corrected chi connectivity index (χ1v) is 12.6. The lowest BCUT2D eigenvalue weighted by atomic mass is 9.51. The Morgan fingerprint density at radius 3 is 2.56 bits per heavy atom. The van der Waals surface area contributed by atoms with E-state index in [4.69, 9.17) is 4.74 Å². The summed E-state index contributed by atoms with van der Waals surface area (Å²) in [6.07, 6.45) is 16.1. The molecule has 8 atom stereocenters. The summed E-state index contributed by atoms with van der Waals surface area (Å²) in [6, 6.07) is 10.9. The van der Waals surface area contributed by atoms with Gasteiger partial charge in [0.15, 0.2) is 0 Å². The number of rotatable bonds is 6. The highest BCUT2D eigenvalue weighted by atomic mass is 16.5. The van der Waals surface area contributed by atoms with E-state index < -0.39 is 6.10 Å². The van der Waals surface area contributed by atoms with Crippen molar-refractivity contribution >= 4 is 5.97 Å². The van der Waals surface area contributed by atoms with Gasteiger partial charge in [-0.2, -0.15) is 0 Å². The quantitative estimate of drug-likeness (QED) is 0.452. The lowest BCUT2D eigenvalue weighted by Gasteiger charge is -2.52. The van der Waals surface area contributed by atoms with E-state index in [9.17, 15) is 9.90 Å². The number of hydrogen-bond donors (Lipinski definition) is 1. The van der Waals surface area contributed by atoms with E-state index in [1.165, 1.54) is 31.9 Å². The number of esters is 1. The van der Waals surface area contributed by atoms with Crippen LogP contribution in [0, 0.1) is 34.5 Å². The van der Waals surface area contributed by atoms with Crippen molar-refractivity contribution in [3.05, 3.63) is 60.2 Å². The van der Waals surface area contributed by atoms with Crippen molar-refractivity contribution in [3.8, 4) is 0 Å². The number of fused-ring (bicyclic) bond motifs is 2. The van der Waals surface area contributed by atoms with Crippen molar-refractivity contribution in [1.29, 1.82) is 0 Å². The van der Waals surface area contributed by atoms with Crippen LogP contribution in [0.2, 0.25) is 0 Å². The second-order valence-corrected chi connectivity index (χ2v) is 10.9. The summed E-state index contributed by atoms with van der Waals surface area (Å²) in [5, 5.41) is 12.0. The van der Waals surface area contributed by atoms with Crippen LogP contribution in [0.15, 0.2) is 54.6 Å². The van der Waals surface area contributed by atoms with Crippen LogP contribution in [0.5, 0.6) is 0 Å². The molecule has 3 nitrogen and oxygen atoms in total. The van der Waals surface area contributed by atoms with Crippen LogP contribution >= 0.6 is 0 Å². The van der Waals surface area contributed by atoms with Crippen molar-refractivity contribution < 1.29 is 14.6 Å². The van der Waals surface area contributed by atoms with Crippen LogP contribution in [-0.4, -0.2) is 24.3 Å². The summed E-state index contributed by atoms with van der Waals surface area (Å²) < 4.78 is 5.16. The summed E-state index contributed by atoms with van der Waals surface area (Å²) in [7, 11) is 1.49. The Bertz CT molecular complexity index is 920. The number of carbonyl (C=O) groups excluding carboxylic acids is 1. The van der Waals surface area contributed by atoms with Crippen molar-refractivity contribution in [2.75, 3.05) is 7.11 Å². The Kier molecular flexibility index (Phi) is 5.40. The highest BCUT2D eigenvalue weighted by Crippen LogP contribution is 2.82. The van der Waals surface area contributed by atoms with Gasteiger partial charge in [-0.25, -0.2) is 0 Å². The van der Waals surface area contributed by atoms with Crippen molar-refractivity contribution in [3.63, 3.8) is 0 Å². The van der Waals surface area contributed by atoms with Gasteiger partial charge in [0.05, 0.1) is 13.2 Å². The van der Waals surface area contributed by atoms with Gasteiger partial charge in [-0.05, 0) is 59.8 Å². The van der Waals surface area contributed by atoms with E-state index in [0.717, 1.165) is 19.3 Å². The average Bonchev–Trinajstić information content (AvgIpc) is 3.33. The lowest BCUT2D eigenvalue weighted by molar-refractivity contribution is -0.143. The fraction of sp³-hybridized carbons (Fsp3) is 0.621. The standard InChI is InChI=1S/C29H38O3/c1-4-5-7-14-21-22(19-23(30)32-3)24-25(26(21)31)29(20-12-8-6-9-13-20)18-17-28(24)16-11-10-15-27(28,29)2/h5-9,12-13,17-18,21-22,24-26,31H,4,10-11,14-16,19H2,1-3H3/b7-5-/t21-,22+,24-,25-,26+,27-,28+,29+/m0/s1. The first-order chi connectivity index (χ1) is 15.5. The van der Waals surface area contributed by atoms with E-state index >= 15 is 0 Å². The van der Waals surface area contributed by atoms with Gasteiger partial charge in [0, 0.05) is 17.8 Å². The van der Waals surface area contributed by atoms with Crippen LogP contribution < -0.4 is 0 Å². The molecule has 4 aliphatic carbocycles. The summed E-state index contributed by atoms with van der Waals surface area (Å²) >= 11 is 0. The molecule has 0 aliphatic heterocycles. The maximum Gasteiger partial charge on any atom is 0.305 e. The van der Waals surface area contributed by atoms with Gasteiger partial charge in [0.1, 0.15) is 0 Å². The molecule has 0 spiro atoms. The van der Waals surface area contributed by atoms with Crippen LogP contribution in [-0.2, 0) is 14.9 Å². The molecule has 2 bridgehead atoms. The van der Waals surface area contributed by atoms with Crippen LogP contribution in [0.1, 0.15) is 64.4 Å². The lowest BCUT2D eigenvalue weighted by Crippen LogP contribution is -2.49. The van der Waals surface area contributed by atoms with Crippen molar-refractivity contribution in [2.45, 2.75) is 70.3 Å². The van der Waals surface area contributed by atoms with Gasteiger partial charge >= 0.3 is 5.97 Å². The number of aliphatic hydroxyl groups excluding tert-OH is 1. The number of methoxy groups -OCH3 is 1. The SMILES string of the molecule is CC/C=C\C[C@@H]1[C@@H](O)[C@@H]2[C@H]([C@@H]1CC(=O)OC)[C@@]13C=C[C@]2(c2ccccc2)[C@@]1(C)CCCC3. The average molecular weight is 435 g/mol. The van der Waals surface area contributed by atoms with E-state index in [0.29, 0.717) is 12.3 Å². The van der Waals surface area contributed by atoms with Gasteiger partial charge in [-0.1, -0.05) is 81.3 Å². The minimum absolute atomic E-state index is 0.0502. The van der Waals surface area contributed by atoms with Crippen molar-refractivity contribution in [1.82, 2.24) is 0 Å². The topological polar surface area (TPSA) is 46.5 Å². The first-order valence-electron chi connectivity index (χ1n) is 12.6. The fourth-order valence-electron chi connectivity index (χ4n) is 8.98. The van der Waals surface area contributed by atoms with Gasteiger partial charge in [-0.15, -0.1) is 0 Å². The predicted octanol–water partition coefficient (Wildman–Crippen LogP) is 5.83. The highest BCUT2D eigenvalue weighted by Gasteiger charge is 2.80. The number of benzene rings is 1. The van der Waals surface area contributed by atoms with Gasteiger partial charge in [0.2, 0.25) is 0 Å². The minimum atomic E-state index is -0.416. The molecule has 0 radical (unpaired) electrons. The van der Waals surface area contributed by atoms with E-state index in [2.05, 4.69) is 68.5 Å². The van der Waals surface area contributed by atoms with Crippen LogP contribution in [0.25, 0.3) is 0 Å². The summed E-state index contributed by atoms with van der Waals surface area (Å²) in [5.41, 5.74) is 1.30. The third-order valence-electron chi connectivity index (χ3n) is 10.1. The van der Waals surface area contributed by atoms with E-state index in [-0.39, 0.29) is 40.0 Å². The Morgan fingerprint density at radius 2 is 1.84 bits per heavy atom. The minimum Gasteiger partial charge on any atom is -0.469 e. The largest absolute Gasteiger partial charge is 0.469 e. The molecule has 0 saturated heterocycles. The monoisotopic (exact) mass is 434 g/mol. The Labute approximate surface area is 192 Å². The van der Waals surface area contributed by atoms with E-state index in [1.54, 1.807) is 0 Å². The Morgan fingerprint density at radius 1 is 1.09 bits per heavy atom. The number of carbonyl (C=O) groups is 1. The second-order valence-electron chi connectivity index (χ2n) is 10.9. The van der Waals surface area contributed by atoms with Gasteiger partial charge in [0.25, 0.3) is 0 Å². The van der Waals surface area contributed by atoms with Gasteiger partial charge in [-0.3, -0.25) is 4.79 Å². The summed E-state index contributed by atoms with van der Waals surface area (Å²) in [5.74, 6) is 0.566. The fourth-order valence-corrected chi connectivity index (χ4v) is 8.98. The molecule has 3 heteroatoms. The van der Waals surface area contributed by atoms with Crippen molar-refractivity contribution in [2.24, 2.45) is 34.5 Å². The molecule has 1 aromatic carbocycles. The molecule has 32 heavy (non-hydrogen) atoms. The molecular formula is C29H38O3. The molecule has 0 unspecified atom stereocenters. The van der Waals surface area contributed by atoms with E-state index in [1.807, 2.05) is 0 Å². The second kappa shape index (κ2) is 7.87. The third-order valence-corrected chi connectivity index (χ3v) is 10.1. The zero-order chi connectivity index (χ0) is 22.6. The smallest absolute Gasteiger partial charge is 0.305 e. The number of allylic oxidation sites excluding steroid dienone is 4. The molecule has 0 heterocycles. The Hall–Kier alpha value is -1.87. The summed E-state index contributed by atoms with van der Waals surface area (Å²) in [6.45, 7) is 4.63. The Balaban J connectivity index is 1.68. The zero-order valence-electron chi connectivity index (χ0n) is 19.8. The first kappa shape index (κ1) is 21.9. The molecule has 3 fully saturated rings. The maximum absolute atomic E-state index is 12.6. The predicted molar refractivity (Wildman–Crippen MR) is 127 cm³/mol. The molecule has 4 aliphatic rings. The highest BCUT2D eigenvalue weighted by molar-refractivity contribution is 5.70. The maximum atomic E-state index is 12.6. The molecule has 0 aromatic heterocycles. The van der Waals surface area contributed by atoms with Crippen LogP contribution in [0.4, 0.5) is 0 Å². The molecule has 1 aromatic rings. The molecule has 172 valence electrons. The molecule has 0 amide bonds. The molecular weight excluding hydrogens is 396 g/mol. The number of ether oxygens (including phenoxy) is 1. The number of hydrogen-bond acceptors (Lipinski definition) is 3. The van der Waals surface area contributed by atoms with Crippen LogP contribution in [0.3, 0.4) is 0 Å². The molecule has 3 saturated carbocycles. The molecule has 1 N–H and O–H groups in total. The summed E-state index contributed by atoms with van der Waals surface area (Å²) in [4.78, 5) is 12.6. The third kappa shape index (κ3) is 2.61. The molecule has 5 rings (SSSR count). The van der Waals surface area contributed by atoms with Gasteiger partial charge < -0.3 is 9.84 Å².